The highest BCUT2D eigenvalue weighted by molar-refractivity contribution is 7.98. The average molecular weight is 340 g/mol. The zero-order valence-electron chi connectivity index (χ0n) is 14.0. The van der Waals surface area contributed by atoms with Crippen molar-refractivity contribution in [2.75, 3.05) is 12.8 Å². The average Bonchev–Trinajstić information content (AvgIpc) is 2.98. The predicted octanol–water partition coefficient (Wildman–Crippen LogP) is 4.03. The highest BCUT2D eigenvalue weighted by atomic mass is 32.2. The van der Waals surface area contributed by atoms with Crippen LogP contribution >= 0.6 is 11.8 Å². The smallest absolute Gasteiger partial charge is 0.328 e. The number of thioether (sulfide) groups is 1. The van der Waals surface area contributed by atoms with Crippen molar-refractivity contribution < 1.29 is 4.79 Å². The first-order valence-corrected chi connectivity index (χ1v) is 9.07. The summed E-state index contributed by atoms with van der Waals surface area (Å²) in [5.74, 6) is 0.402. The van der Waals surface area contributed by atoms with Gasteiger partial charge in [-0.25, -0.2) is 14.3 Å². The Morgan fingerprint density at radius 2 is 2.12 bits per heavy atom. The molecule has 0 saturated carbocycles. The normalized spacial score (nSPS) is 11.2. The molecule has 1 aromatic carbocycles. The maximum absolute atomic E-state index is 12.5. The molecule has 0 spiro atoms. The van der Waals surface area contributed by atoms with E-state index in [4.69, 9.17) is 0 Å². The number of amides is 1. The number of imidazole rings is 1. The highest BCUT2D eigenvalue weighted by Gasteiger charge is 2.17. The molecule has 0 radical (unpaired) electrons. The van der Waals surface area contributed by atoms with E-state index in [1.807, 2.05) is 42.8 Å². The van der Waals surface area contributed by atoms with E-state index in [0.29, 0.717) is 17.6 Å². The summed E-state index contributed by atoms with van der Waals surface area (Å²) in [7, 11) is 0. The lowest BCUT2D eigenvalue weighted by Gasteiger charge is -2.10. The molecule has 3 aromatic rings. The largest absolute Gasteiger partial charge is 0.337 e. The second-order valence-corrected chi connectivity index (χ2v) is 6.73. The first-order chi connectivity index (χ1) is 11.6. The Morgan fingerprint density at radius 1 is 1.29 bits per heavy atom. The van der Waals surface area contributed by atoms with E-state index < -0.39 is 0 Å². The summed E-state index contributed by atoms with van der Waals surface area (Å²) < 4.78 is 1.65. The monoisotopic (exact) mass is 340 g/mol. The van der Waals surface area contributed by atoms with Gasteiger partial charge in [-0.15, -0.1) is 0 Å². The van der Waals surface area contributed by atoms with E-state index in [-0.39, 0.29) is 6.03 Å². The number of pyridine rings is 1. The second kappa shape index (κ2) is 7.05. The zero-order chi connectivity index (χ0) is 17.1. The van der Waals surface area contributed by atoms with Gasteiger partial charge in [0.15, 0.2) is 5.16 Å². The molecule has 6 heteroatoms. The number of hydrogen-bond donors (Lipinski definition) is 1. The molecule has 1 amide bonds. The lowest BCUT2D eigenvalue weighted by molar-refractivity contribution is 0.240. The number of hydrogen-bond acceptors (Lipinski definition) is 4. The molecule has 0 saturated heterocycles. The van der Waals surface area contributed by atoms with Crippen LogP contribution in [0, 0.1) is 5.92 Å². The van der Waals surface area contributed by atoms with Crippen LogP contribution in [0.25, 0.3) is 22.2 Å². The molecule has 0 aliphatic heterocycles. The first-order valence-electron chi connectivity index (χ1n) is 7.85. The molecule has 3 rings (SSSR count). The fourth-order valence-corrected chi connectivity index (χ4v) is 3.03. The standard InChI is InChI=1S/C18H20N4OS/c1-12(2)10-20-17(23)22-16-7-6-13(14-5-4-8-19-11-14)9-15(16)21-18(22)24-3/h4-9,11-12H,10H2,1-3H3,(H,20,23). The number of rotatable bonds is 4. The van der Waals surface area contributed by atoms with Gasteiger partial charge in [0.1, 0.15) is 0 Å². The third-order valence-electron chi connectivity index (χ3n) is 3.67. The van der Waals surface area contributed by atoms with Gasteiger partial charge in [0.25, 0.3) is 0 Å². The van der Waals surface area contributed by atoms with Gasteiger partial charge < -0.3 is 5.32 Å². The lowest BCUT2D eigenvalue weighted by Crippen LogP contribution is -2.31. The van der Waals surface area contributed by atoms with Crippen molar-refractivity contribution in [3.8, 4) is 11.1 Å². The quantitative estimate of drug-likeness (QED) is 0.728. The van der Waals surface area contributed by atoms with Crippen molar-refractivity contribution >= 4 is 28.8 Å². The second-order valence-electron chi connectivity index (χ2n) is 5.96. The third-order valence-corrected chi connectivity index (χ3v) is 4.30. The van der Waals surface area contributed by atoms with E-state index in [9.17, 15) is 4.79 Å². The molecule has 1 N–H and O–H groups in total. The van der Waals surface area contributed by atoms with Crippen molar-refractivity contribution in [2.45, 2.75) is 19.0 Å². The predicted molar refractivity (Wildman–Crippen MR) is 98.4 cm³/mol. The Bertz CT molecular complexity index is 858. The minimum atomic E-state index is -0.135. The molecule has 124 valence electrons. The van der Waals surface area contributed by atoms with Crippen molar-refractivity contribution in [3.05, 3.63) is 42.7 Å². The molecule has 5 nitrogen and oxygen atoms in total. The number of carbonyl (C=O) groups is 1. The summed E-state index contributed by atoms with van der Waals surface area (Å²) in [6, 6.07) is 9.72. The summed E-state index contributed by atoms with van der Waals surface area (Å²) in [6.45, 7) is 4.78. The van der Waals surface area contributed by atoms with Crippen LogP contribution in [0.2, 0.25) is 0 Å². The molecule has 2 heterocycles. The molecule has 0 atom stereocenters. The summed E-state index contributed by atoms with van der Waals surface area (Å²) in [5, 5.41) is 3.65. The van der Waals surface area contributed by atoms with Crippen molar-refractivity contribution in [1.82, 2.24) is 19.9 Å². The van der Waals surface area contributed by atoms with Gasteiger partial charge in [0.05, 0.1) is 11.0 Å². The topological polar surface area (TPSA) is 59.8 Å². The Balaban J connectivity index is 2.02. The molecule has 2 aromatic heterocycles. The summed E-state index contributed by atoms with van der Waals surface area (Å²) in [4.78, 5) is 21.3. The molecule has 24 heavy (non-hydrogen) atoms. The number of nitrogens with one attached hydrogen (secondary N) is 1. The number of benzene rings is 1. The van der Waals surface area contributed by atoms with Crippen LogP contribution in [-0.4, -0.2) is 33.4 Å². The van der Waals surface area contributed by atoms with E-state index in [1.165, 1.54) is 11.8 Å². The minimum Gasteiger partial charge on any atom is -0.337 e. The van der Waals surface area contributed by atoms with Crippen molar-refractivity contribution in [3.63, 3.8) is 0 Å². The Hall–Kier alpha value is -2.34. The number of aromatic nitrogens is 3. The van der Waals surface area contributed by atoms with Crippen LogP contribution in [0.1, 0.15) is 13.8 Å². The van der Waals surface area contributed by atoms with Crippen LogP contribution in [0.5, 0.6) is 0 Å². The number of carbonyl (C=O) groups excluding carboxylic acids is 1. The number of fused-ring (bicyclic) bond motifs is 1. The first kappa shape index (κ1) is 16.5. The molecule has 0 aliphatic rings. The summed E-state index contributed by atoms with van der Waals surface area (Å²) in [6.07, 6.45) is 5.50. The van der Waals surface area contributed by atoms with E-state index in [1.54, 1.807) is 10.8 Å². The summed E-state index contributed by atoms with van der Waals surface area (Å²) >= 11 is 1.46. The highest BCUT2D eigenvalue weighted by Crippen LogP contribution is 2.27. The number of nitrogens with zero attached hydrogens (tertiary/aromatic N) is 3. The fraction of sp³-hybridized carbons (Fsp3) is 0.278. The zero-order valence-corrected chi connectivity index (χ0v) is 14.8. The van der Waals surface area contributed by atoms with E-state index in [0.717, 1.165) is 22.2 Å². The van der Waals surface area contributed by atoms with Gasteiger partial charge in [-0.2, -0.15) is 0 Å². The summed E-state index contributed by atoms with van der Waals surface area (Å²) in [5.41, 5.74) is 3.69. The molecular formula is C18H20N4OS. The van der Waals surface area contributed by atoms with Gasteiger partial charge in [0.2, 0.25) is 0 Å². The van der Waals surface area contributed by atoms with Gasteiger partial charge in [-0.1, -0.05) is 37.7 Å². The minimum absolute atomic E-state index is 0.135. The fourth-order valence-electron chi connectivity index (χ4n) is 2.47. The SMILES string of the molecule is CSc1nc2cc(-c3cccnc3)ccc2n1C(=O)NCC(C)C. The lowest BCUT2D eigenvalue weighted by atomic mass is 10.1. The van der Waals surface area contributed by atoms with E-state index >= 15 is 0 Å². The van der Waals surface area contributed by atoms with Crippen molar-refractivity contribution in [2.24, 2.45) is 5.92 Å². The van der Waals surface area contributed by atoms with E-state index in [2.05, 4.69) is 29.1 Å². The Kier molecular flexibility index (Phi) is 4.85. The molecule has 0 unspecified atom stereocenters. The molecule has 0 fully saturated rings. The third kappa shape index (κ3) is 3.28. The van der Waals surface area contributed by atoms with Crippen LogP contribution in [0.3, 0.4) is 0 Å². The molecule has 0 aliphatic carbocycles. The van der Waals surface area contributed by atoms with Gasteiger partial charge in [-0.05, 0) is 35.9 Å². The Labute approximate surface area is 145 Å². The maximum atomic E-state index is 12.5. The maximum Gasteiger partial charge on any atom is 0.328 e. The van der Waals surface area contributed by atoms with Crippen LogP contribution in [0.4, 0.5) is 4.79 Å². The molecule has 0 bridgehead atoms. The van der Waals surface area contributed by atoms with Crippen LogP contribution < -0.4 is 5.32 Å². The van der Waals surface area contributed by atoms with Crippen LogP contribution in [-0.2, 0) is 0 Å². The van der Waals surface area contributed by atoms with Crippen LogP contribution in [0.15, 0.2) is 47.9 Å². The van der Waals surface area contributed by atoms with Crippen molar-refractivity contribution in [1.29, 1.82) is 0 Å². The van der Waals surface area contributed by atoms with Gasteiger partial charge in [0, 0.05) is 24.5 Å². The van der Waals surface area contributed by atoms with Gasteiger partial charge in [-0.3, -0.25) is 4.98 Å². The molecular weight excluding hydrogens is 320 g/mol. The van der Waals surface area contributed by atoms with Gasteiger partial charge >= 0.3 is 6.03 Å². The Morgan fingerprint density at radius 3 is 2.79 bits per heavy atom.